The van der Waals surface area contributed by atoms with E-state index in [1.807, 2.05) is 0 Å². The molecular formula is C8H12ClN3. The Labute approximate surface area is 76.5 Å². The first-order valence-corrected chi connectivity index (χ1v) is 4.58. The second kappa shape index (κ2) is 3.07. The van der Waals surface area contributed by atoms with Crippen molar-refractivity contribution in [3.05, 3.63) is 17.2 Å². The first-order chi connectivity index (χ1) is 5.81. The van der Waals surface area contributed by atoms with Gasteiger partial charge in [0.05, 0.1) is 12.0 Å². The fourth-order valence-electron chi connectivity index (χ4n) is 1.69. The highest BCUT2D eigenvalue weighted by Gasteiger charge is 2.19. The van der Waals surface area contributed by atoms with E-state index in [1.54, 1.807) is 6.33 Å². The molecular weight excluding hydrogens is 174 g/mol. The van der Waals surface area contributed by atoms with Crippen LogP contribution in [0.5, 0.6) is 0 Å². The molecule has 66 valence electrons. The van der Waals surface area contributed by atoms with Crippen LogP contribution in [0.25, 0.3) is 0 Å². The molecule has 0 aromatic carbocycles. The molecule has 1 aliphatic heterocycles. The maximum Gasteiger partial charge on any atom is 0.150 e. The summed E-state index contributed by atoms with van der Waals surface area (Å²) in [5.41, 5.74) is 6.77. The Morgan fingerprint density at radius 1 is 1.75 bits per heavy atom. The maximum atomic E-state index is 5.89. The van der Waals surface area contributed by atoms with E-state index in [1.165, 1.54) is 5.69 Å². The van der Waals surface area contributed by atoms with Crippen molar-refractivity contribution in [1.82, 2.24) is 9.55 Å². The predicted molar refractivity (Wildman–Crippen MR) is 48.1 cm³/mol. The molecule has 0 saturated heterocycles. The summed E-state index contributed by atoms with van der Waals surface area (Å²) in [7, 11) is 0. The molecule has 3 nitrogen and oxygen atoms in total. The molecule has 4 heteroatoms. The Hall–Kier alpha value is -0.540. The lowest BCUT2D eigenvalue weighted by Gasteiger charge is -2.22. The molecule has 2 N–H and O–H groups in total. The van der Waals surface area contributed by atoms with Gasteiger partial charge in [0.25, 0.3) is 0 Å². The number of hydrogen-bond donors (Lipinski definition) is 1. The average Bonchev–Trinajstić information content (AvgIpc) is 2.47. The zero-order chi connectivity index (χ0) is 8.55. The standard InChI is InChI=1S/C8H12ClN3/c9-8-7-2-1-6(3-10)4-12(7)5-11-8/h5-6H,1-4,10H2. The normalized spacial score (nSPS) is 22.3. The van der Waals surface area contributed by atoms with E-state index in [-0.39, 0.29) is 0 Å². The SMILES string of the molecule is NCC1CCc2c(Cl)ncn2C1. The molecule has 1 unspecified atom stereocenters. The quantitative estimate of drug-likeness (QED) is 0.711. The van der Waals surface area contributed by atoms with E-state index < -0.39 is 0 Å². The van der Waals surface area contributed by atoms with Gasteiger partial charge >= 0.3 is 0 Å². The Kier molecular flexibility index (Phi) is 2.07. The lowest BCUT2D eigenvalue weighted by atomic mass is 9.99. The maximum absolute atomic E-state index is 5.89. The molecule has 2 heterocycles. The zero-order valence-electron chi connectivity index (χ0n) is 6.83. The first kappa shape index (κ1) is 8.08. The van der Waals surface area contributed by atoms with Crippen LogP contribution in [-0.2, 0) is 13.0 Å². The highest BCUT2D eigenvalue weighted by atomic mass is 35.5. The van der Waals surface area contributed by atoms with E-state index >= 15 is 0 Å². The summed E-state index contributed by atoms with van der Waals surface area (Å²) in [4.78, 5) is 4.05. The van der Waals surface area contributed by atoms with Gasteiger partial charge in [-0.25, -0.2) is 4.98 Å². The van der Waals surface area contributed by atoms with Crippen molar-refractivity contribution in [1.29, 1.82) is 0 Å². The number of fused-ring (bicyclic) bond motifs is 1. The van der Waals surface area contributed by atoms with E-state index in [4.69, 9.17) is 17.3 Å². The number of halogens is 1. The molecule has 0 aliphatic carbocycles. The number of hydrogen-bond acceptors (Lipinski definition) is 2. The van der Waals surface area contributed by atoms with Crippen molar-refractivity contribution in [3.63, 3.8) is 0 Å². The minimum absolute atomic E-state index is 0.600. The fraction of sp³-hybridized carbons (Fsp3) is 0.625. The molecule has 2 rings (SSSR count). The van der Waals surface area contributed by atoms with Crippen molar-refractivity contribution >= 4 is 11.6 Å². The third-order valence-corrected chi connectivity index (χ3v) is 2.79. The predicted octanol–water partition coefficient (Wildman–Crippen LogP) is 1.06. The number of rotatable bonds is 1. The van der Waals surface area contributed by atoms with E-state index in [0.717, 1.165) is 25.9 Å². The summed E-state index contributed by atoms with van der Waals surface area (Å²) < 4.78 is 2.11. The van der Waals surface area contributed by atoms with Crippen molar-refractivity contribution in [2.75, 3.05) is 6.54 Å². The third-order valence-electron chi connectivity index (χ3n) is 2.47. The smallest absolute Gasteiger partial charge is 0.150 e. The van der Waals surface area contributed by atoms with Gasteiger partial charge in [0.15, 0.2) is 0 Å². The molecule has 1 aliphatic rings. The lowest BCUT2D eigenvalue weighted by Crippen LogP contribution is -2.25. The van der Waals surface area contributed by atoms with Crippen molar-refractivity contribution in [2.45, 2.75) is 19.4 Å². The summed E-state index contributed by atoms with van der Waals surface area (Å²) in [6.07, 6.45) is 3.96. The van der Waals surface area contributed by atoms with Gasteiger partial charge in [-0.05, 0) is 25.3 Å². The van der Waals surface area contributed by atoms with Gasteiger partial charge in [-0.15, -0.1) is 0 Å². The Bertz CT molecular complexity index is 282. The monoisotopic (exact) mass is 185 g/mol. The molecule has 1 aromatic rings. The molecule has 0 amide bonds. The van der Waals surface area contributed by atoms with Gasteiger partial charge in [-0.3, -0.25) is 0 Å². The Morgan fingerprint density at radius 3 is 3.33 bits per heavy atom. The molecule has 0 radical (unpaired) electrons. The van der Waals surface area contributed by atoms with Crippen LogP contribution in [0, 0.1) is 5.92 Å². The van der Waals surface area contributed by atoms with Crippen LogP contribution in [0.3, 0.4) is 0 Å². The van der Waals surface area contributed by atoms with Crippen LogP contribution in [-0.4, -0.2) is 16.1 Å². The van der Waals surface area contributed by atoms with Crippen molar-refractivity contribution in [2.24, 2.45) is 11.7 Å². The summed E-state index contributed by atoms with van der Waals surface area (Å²) in [6, 6.07) is 0. The number of nitrogens with zero attached hydrogens (tertiary/aromatic N) is 2. The van der Waals surface area contributed by atoms with Crippen LogP contribution in [0.15, 0.2) is 6.33 Å². The molecule has 0 spiro atoms. The van der Waals surface area contributed by atoms with Gasteiger partial charge in [0.2, 0.25) is 0 Å². The second-order valence-corrected chi connectivity index (χ2v) is 3.63. The van der Waals surface area contributed by atoms with Crippen LogP contribution in [0.4, 0.5) is 0 Å². The first-order valence-electron chi connectivity index (χ1n) is 4.21. The van der Waals surface area contributed by atoms with E-state index in [9.17, 15) is 0 Å². The average molecular weight is 186 g/mol. The van der Waals surface area contributed by atoms with E-state index in [0.29, 0.717) is 11.1 Å². The van der Waals surface area contributed by atoms with Crippen molar-refractivity contribution in [3.8, 4) is 0 Å². The molecule has 1 aromatic heterocycles. The Morgan fingerprint density at radius 2 is 2.58 bits per heavy atom. The van der Waals surface area contributed by atoms with Crippen LogP contribution < -0.4 is 5.73 Å². The Balaban J connectivity index is 2.24. The number of imidazole rings is 1. The van der Waals surface area contributed by atoms with Gasteiger partial charge in [0, 0.05) is 6.54 Å². The molecule has 0 fully saturated rings. The van der Waals surface area contributed by atoms with Gasteiger partial charge in [-0.1, -0.05) is 11.6 Å². The molecule has 0 saturated carbocycles. The lowest BCUT2D eigenvalue weighted by molar-refractivity contribution is 0.378. The number of aromatic nitrogens is 2. The second-order valence-electron chi connectivity index (χ2n) is 3.27. The van der Waals surface area contributed by atoms with Crippen molar-refractivity contribution < 1.29 is 0 Å². The van der Waals surface area contributed by atoms with E-state index in [2.05, 4.69) is 9.55 Å². The minimum Gasteiger partial charge on any atom is -0.333 e. The highest BCUT2D eigenvalue weighted by molar-refractivity contribution is 6.30. The minimum atomic E-state index is 0.600. The van der Waals surface area contributed by atoms with Crippen LogP contribution in [0.2, 0.25) is 5.15 Å². The summed E-state index contributed by atoms with van der Waals surface area (Å²) in [5, 5.41) is 0.658. The topological polar surface area (TPSA) is 43.8 Å². The van der Waals surface area contributed by atoms with Crippen LogP contribution >= 0.6 is 11.6 Å². The largest absolute Gasteiger partial charge is 0.333 e. The number of nitrogens with two attached hydrogens (primary N) is 1. The fourth-order valence-corrected chi connectivity index (χ4v) is 1.94. The third kappa shape index (κ3) is 1.23. The van der Waals surface area contributed by atoms with Gasteiger partial charge in [-0.2, -0.15) is 0 Å². The van der Waals surface area contributed by atoms with Gasteiger partial charge < -0.3 is 10.3 Å². The van der Waals surface area contributed by atoms with Crippen LogP contribution in [0.1, 0.15) is 12.1 Å². The summed E-state index contributed by atoms with van der Waals surface area (Å²) in [5.74, 6) is 0.600. The molecule has 12 heavy (non-hydrogen) atoms. The summed E-state index contributed by atoms with van der Waals surface area (Å²) >= 11 is 5.89. The molecule has 0 bridgehead atoms. The highest BCUT2D eigenvalue weighted by Crippen LogP contribution is 2.23. The summed E-state index contributed by atoms with van der Waals surface area (Å²) in [6.45, 7) is 1.74. The molecule has 1 atom stereocenters. The zero-order valence-corrected chi connectivity index (χ0v) is 7.59. The van der Waals surface area contributed by atoms with Gasteiger partial charge in [0.1, 0.15) is 5.15 Å².